The molecule has 0 aromatic heterocycles. The van der Waals surface area contributed by atoms with Crippen molar-refractivity contribution in [1.82, 2.24) is 0 Å². The molecule has 0 aliphatic carbocycles. The standard InChI is InChI=1S/C8H16O2S/c9-8(10)6-4-2-1-3-5-7-11/h11H,1-7H2,(H,9,10)/p-1. The Hall–Kier alpha value is -0.180. The Morgan fingerprint density at radius 1 is 1.09 bits per heavy atom. The predicted molar refractivity (Wildman–Crippen MR) is 46.6 cm³/mol. The van der Waals surface area contributed by atoms with E-state index in [1.54, 1.807) is 0 Å². The van der Waals surface area contributed by atoms with Crippen molar-refractivity contribution in [2.45, 2.75) is 38.5 Å². The van der Waals surface area contributed by atoms with Crippen LogP contribution < -0.4 is 5.11 Å². The number of carbonyl (C=O) groups excluding carboxylic acids is 1. The van der Waals surface area contributed by atoms with E-state index in [2.05, 4.69) is 12.6 Å². The predicted octanol–water partition coefficient (Wildman–Crippen LogP) is 1.01. The number of aliphatic carboxylic acids is 1. The van der Waals surface area contributed by atoms with Crippen LogP contribution in [-0.2, 0) is 4.79 Å². The molecule has 0 aliphatic rings. The molecule has 66 valence electrons. The molecule has 0 aliphatic heterocycles. The van der Waals surface area contributed by atoms with E-state index in [0.29, 0.717) is 0 Å². The van der Waals surface area contributed by atoms with Crippen molar-refractivity contribution in [2.75, 3.05) is 5.75 Å². The highest BCUT2D eigenvalue weighted by Gasteiger charge is 1.89. The van der Waals surface area contributed by atoms with Gasteiger partial charge in [0.1, 0.15) is 0 Å². The highest BCUT2D eigenvalue weighted by atomic mass is 32.1. The summed E-state index contributed by atoms with van der Waals surface area (Å²) in [6.07, 6.45) is 5.39. The van der Waals surface area contributed by atoms with Crippen LogP contribution in [-0.4, -0.2) is 11.7 Å². The Morgan fingerprint density at radius 2 is 1.64 bits per heavy atom. The number of carboxylic acids is 1. The Morgan fingerprint density at radius 3 is 2.18 bits per heavy atom. The maximum atomic E-state index is 9.96. The lowest BCUT2D eigenvalue weighted by Crippen LogP contribution is -2.21. The highest BCUT2D eigenvalue weighted by Crippen LogP contribution is 2.05. The van der Waals surface area contributed by atoms with Crippen molar-refractivity contribution in [2.24, 2.45) is 0 Å². The number of unbranched alkanes of at least 4 members (excludes halogenated alkanes) is 4. The molecule has 0 heterocycles. The molecule has 0 rings (SSSR count). The molecular formula is C8H15O2S-. The van der Waals surface area contributed by atoms with E-state index in [9.17, 15) is 9.90 Å². The third kappa shape index (κ3) is 9.82. The van der Waals surface area contributed by atoms with Crippen LogP contribution in [0.2, 0.25) is 0 Å². The normalized spacial score (nSPS) is 9.91. The van der Waals surface area contributed by atoms with Gasteiger partial charge in [-0.25, -0.2) is 0 Å². The zero-order valence-corrected chi connectivity index (χ0v) is 7.61. The Bertz CT molecular complexity index is 104. The quantitative estimate of drug-likeness (QED) is 0.463. The van der Waals surface area contributed by atoms with Crippen LogP contribution >= 0.6 is 12.6 Å². The Kier molecular flexibility index (Phi) is 7.79. The van der Waals surface area contributed by atoms with E-state index in [-0.39, 0.29) is 6.42 Å². The largest absolute Gasteiger partial charge is 0.550 e. The van der Waals surface area contributed by atoms with Gasteiger partial charge in [-0.2, -0.15) is 12.6 Å². The molecular weight excluding hydrogens is 160 g/mol. The zero-order valence-electron chi connectivity index (χ0n) is 6.71. The lowest BCUT2D eigenvalue weighted by Gasteiger charge is -2.00. The molecule has 0 N–H and O–H groups in total. The Balaban J connectivity index is 2.85. The van der Waals surface area contributed by atoms with Gasteiger partial charge >= 0.3 is 0 Å². The lowest BCUT2D eigenvalue weighted by molar-refractivity contribution is -0.305. The van der Waals surface area contributed by atoms with Crippen molar-refractivity contribution >= 4 is 18.6 Å². The van der Waals surface area contributed by atoms with E-state index >= 15 is 0 Å². The first-order chi connectivity index (χ1) is 5.27. The second-order valence-electron chi connectivity index (χ2n) is 2.61. The first-order valence-electron chi connectivity index (χ1n) is 4.08. The first-order valence-corrected chi connectivity index (χ1v) is 4.71. The summed E-state index contributed by atoms with van der Waals surface area (Å²) >= 11 is 4.07. The molecule has 0 fully saturated rings. The summed E-state index contributed by atoms with van der Waals surface area (Å²) in [6, 6.07) is 0. The van der Waals surface area contributed by atoms with Gasteiger partial charge in [0.2, 0.25) is 0 Å². The van der Waals surface area contributed by atoms with E-state index < -0.39 is 5.97 Å². The van der Waals surface area contributed by atoms with Gasteiger partial charge in [0.15, 0.2) is 0 Å². The van der Waals surface area contributed by atoms with Crippen LogP contribution in [0.5, 0.6) is 0 Å². The fraction of sp³-hybridized carbons (Fsp3) is 0.875. The Labute approximate surface area is 73.4 Å². The van der Waals surface area contributed by atoms with Crippen LogP contribution in [0.3, 0.4) is 0 Å². The van der Waals surface area contributed by atoms with Crippen LogP contribution in [0.15, 0.2) is 0 Å². The number of carboxylic acid groups (broad SMARTS) is 1. The second kappa shape index (κ2) is 7.92. The number of thiol groups is 1. The van der Waals surface area contributed by atoms with E-state index in [4.69, 9.17) is 0 Å². The third-order valence-corrected chi connectivity index (χ3v) is 1.86. The number of hydrogen-bond acceptors (Lipinski definition) is 3. The molecule has 3 heteroatoms. The summed E-state index contributed by atoms with van der Waals surface area (Å²) in [4.78, 5) is 9.96. The van der Waals surface area contributed by atoms with Gasteiger partial charge in [-0.15, -0.1) is 0 Å². The second-order valence-corrected chi connectivity index (χ2v) is 3.06. The maximum absolute atomic E-state index is 9.96. The molecule has 0 spiro atoms. The van der Waals surface area contributed by atoms with Gasteiger partial charge in [-0.05, 0) is 25.0 Å². The van der Waals surface area contributed by atoms with Crippen molar-refractivity contribution < 1.29 is 9.90 Å². The number of rotatable bonds is 7. The van der Waals surface area contributed by atoms with Gasteiger partial charge in [0.05, 0.1) is 0 Å². The minimum atomic E-state index is -0.931. The molecule has 0 saturated heterocycles. The summed E-state index contributed by atoms with van der Waals surface area (Å²) in [7, 11) is 0. The van der Waals surface area contributed by atoms with Gasteiger partial charge in [0.25, 0.3) is 0 Å². The first kappa shape index (κ1) is 10.8. The molecule has 2 nitrogen and oxygen atoms in total. The third-order valence-electron chi connectivity index (χ3n) is 1.54. The van der Waals surface area contributed by atoms with E-state index in [1.807, 2.05) is 0 Å². The average molecular weight is 175 g/mol. The minimum absolute atomic E-state index is 0.209. The molecule has 11 heavy (non-hydrogen) atoms. The topological polar surface area (TPSA) is 40.1 Å². The average Bonchev–Trinajstić information content (AvgIpc) is 1.96. The van der Waals surface area contributed by atoms with Crippen LogP contribution in [0.1, 0.15) is 38.5 Å². The summed E-state index contributed by atoms with van der Waals surface area (Å²) in [5.41, 5.74) is 0. The van der Waals surface area contributed by atoms with Crippen LogP contribution in [0.25, 0.3) is 0 Å². The molecule has 0 radical (unpaired) electrons. The van der Waals surface area contributed by atoms with E-state index in [0.717, 1.165) is 37.9 Å². The lowest BCUT2D eigenvalue weighted by atomic mass is 10.1. The summed E-state index contributed by atoms with van der Waals surface area (Å²) in [6.45, 7) is 0. The van der Waals surface area contributed by atoms with Gasteiger partial charge in [0, 0.05) is 5.97 Å². The number of carbonyl (C=O) groups is 1. The smallest absolute Gasteiger partial charge is 0.0414 e. The monoisotopic (exact) mass is 175 g/mol. The fourth-order valence-corrected chi connectivity index (χ4v) is 1.14. The molecule has 0 aromatic rings. The summed E-state index contributed by atoms with van der Waals surface area (Å²) in [5, 5.41) is 9.96. The fourth-order valence-electron chi connectivity index (χ4n) is 0.911. The molecule has 0 atom stereocenters. The molecule has 0 aromatic carbocycles. The van der Waals surface area contributed by atoms with Gasteiger partial charge < -0.3 is 9.90 Å². The minimum Gasteiger partial charge on any atom is -0.550 e. The molecule has 0 bridgehead atoms. The summed E-state index contributed by atoms with van der Waals surface area (Å²) < 4.78 is 0. The zero-order chi connectivity index (χ0) is 8.53. The van der Waals surface area contributed by atoms with Gasteiger partial charge in [-0.1, -0.05) is 19.3 Å². The SMILES string of the molecule is O=C([O-])CCCCCCCS. The summed E-state index contributed by atoms with van der Waals surface area (Å²) in [5.74, 6) is -0.000263. The van der Waals surface area contributed by atoms with Crippen molar-refractivity contribution in [1.29, 1.82) is 0 Å². The van der Waals surface area contributed by atoms with Gasteiger partial charge in [-0.3, -0.25) is 0 Å². The number of hydrogen-bond donors (Lipinski definition) is 1. The maximum Gasteiger partial charge on any atom is 0.0414 e. The highest BCUT2D eigenvalue weighted by molar-refractivity contribution is 7.80. The van der Waals surface area contributed by atoms with E-state index in [1.165, 1.54) is 0 Å². The van der Waals surface area contributed by atoms with Crippen LogP contribution in [0.4, 0.5) is 0 Å². The molecule has 0 amide bonds. The molecule has 0 unspecified atom stereocenters. The van der Waals surface area contributed by atoms with Crippen molar-refractivity contribution in [3.05, 3.63) is 0 Å². The molecule has 0 saturated carbocycles. The van der Waals surface area contributed by atoms with Crippen molar-refractivity contribution in [3.63, 3.8) is 0 Å². The van der Waals surface area contributed by atoms with Crippen molar-refractivity contribution in [3.8, 4) is 0 Å². The van der Waals surface area contributed by atoms with Crippen LogP contribution in [0, 0.1) is 0 Å².